The quantitative estimate of drug-likeness (QED) is 0.793. The van der Waals surface area contributed by atoms with Crippen molar-refractivity contribution in [3.8, 4) is 0 Å². The summed E-state index contributed by atoms with van der Waals surface area (Å²) in [4.78, 5) is 5.01. The molecule has 116 valence electrons. The number of nitrogens with zero attached hydrogens (tertiary/aromatic N) is 1. The van der Waals surface area contributed by atoms with Crippen molar-refractivity contribution in [3.63, 3.8) is 0 Å². The maximum absolute atomic E-state index is 6.47. The van der Waals surface area contributed by atoms with Gasteiger partial charge in [0.1, 0.15) is 5.84 Å². The largest absolute Gasteiger partial charge is 0.373 e. The van der Waals surface area contributed by atoms with Gasteiger partial charge in [-0.15, -0.1) is 24.0 Å². The zero-order valence-corrected chi connectivity index (χ0v) is 13.9. The van der Waals surface area contributed by atoms with Gasteiger partial charge in [0.15, 0.2) is 0 Å². The average Bonchev–Trinajstić information content (AvgIpc) is 2.85. The van der Waals surface area contributed by atoms with E-state index in [1.165, 1.54) is 37.7 Å². The van der Waals surface area contributed by atoms with Crippen molar-refractivity contribution in [1.82, 2.24) is 5.32 Å². The van der Waals surface area contributed by atoms with E-state index in [9.17, 15) is 0 Å². The molecule has 21 heavy (non-hydrogen) atoms. The third-order valence-electron chi connectivity index (χ3n) is 4.50. The molecule has 0 amide bonds. The van der Waals surface area contributed by atoms with Gasteiger partial charge in [-0.2, -0.15) is 0 Å². The first-order chi connectivity index (χ1) is 9.84. The molecule has 1 heterocycles. The highest BCUT2D eigenvalue weighted by Crippen LogP contribution is 2.37. The van der Waals surface area contributed by atoms with E-state index in [2.05, 4.69) is 35.6 Å². The lowest BCUT2D eigenvalue weighted by atomic mass is 9.94. The summed E-state index contributed by atoms with van der Waals surface area (Å²) in [5, 5.41) is 3.53. The molecule has 1 saturated carbocycles. The van der Waals surface area contributed by atoms with Crippen molar-refractivity contribution >= 4 is 29.8 Å². The van der Waals surface area contributed by atoms with E-state index in [0.717, 1.165) is 18.8 Å². The van der Waals surface area contributed by atoms with Gasteiger partial charge < -0.3 is 5.32 Å². The van der Waals surface area contributed by atoms with Crippen molar-refractivity contribution in [1.29, 1.82) is 0 Å². The van der Waals surface area contributed by atoms with Crippen LogP contribution in [0.2, 0.25) is 0 Å². The Morgan fingerprint density at radius 2 is 1.81 bits per heavy atom. The van der Waals surface area contributed by atoms with E-state index < -0.39 is 0 Å². The molecular weight excluding hydrogens is 303 g/mol. The standard InChI is InChI=1S/C17H23ClN2.ClH/c18-15-10-4-5-12-19-17(15)20-16-11-6-9-14(16)13-7-2-1-3-8-13;/h1-3,7-8,14-16H,4-6,9-12H2,(H,19,20);1H/t14-,15?,16-;/m1./s1. The van der Waals surface area contributed by atoms with Crippen LogP contribution >= 0.6 is 24.0 Å². The normalized spacial score (nSPS) is 31.3. The van der Waals surface area contributed by atoms with Crippen LogP contribution in [0.4, 0.5) is 0 Å². The minimum absolute atomic E-state index is 0. The van der Waals surface area contributed by atoms with Crippen LogP contribution in [0.25, 0.3) is 0 Å². The number of alkyl halides is 1. The third-order valence-corrected chi connectivity index (χ3v) is 4.92. The van der Waals surface area contributed by atoms with E-state index >= 15 is 0 Å². The predicted molar refractivity (Wildman–Crippen MR) is 93.0 cm³/mol. The Morgan fingerprint density at radius 1 is 1.00 bits per heavy atom. The number of rotatable bonds is 2. The molecule has 1 aromatic rings. The van der Waals surface area contributed by atoms with Crippen molar-refractivity contribution in [2.24, 2.45) is 4.99 Å². The van der Waals surface area contributed by atoms with Crippen LogP contribution < -0.4 is 5.32 Å². The topological polar surface area (TPSA) is 24.4 Å². The third kappa shape index (κ3) is 4.14. The summed E-state index contributed by atoms with van der Waals surface area (Å²) in [6.07, 6.45) is 7.17. The summed E-state index contributed by atoms with van der Waals surface area (Å²) >= 11 is 6.47. The Labute approximate surface area is 138 Å². The first-order valence-corrected chi connectivity index (χ1v) is 8.29. The number of hydrogen-bond donors (Lipinski definition) is 1. The lowest BCUT2D eigenvalue weighted by molar-refractivity contribution is 0.610. The molecule has 4 heteroatoms. The molecule has 2 fully saturated rings. The second-order valence-electron chi connectivity index (χ2n) is 5.92. The lowest BCUT2D eigenvalue weighted by Gasteiger charge is -2.19. The zero-order chi connectivity index (χ0) is 13.8. The van der Waals surface area contributed by atoms with E-state index in [1.807, 2.05) is 0 Å². The van der Waals surface area contributed by atoms with Crippen LogP contribution in [0, 0.1) is 0 Å². The van der Waals surface area contributed by atoms with E-state index in [4.69, 9.17) is 16.6 Å². The summed E-state index contributed by atoms with van der Waals surface area (Å²) in [5.41, 5.74) is 1.43. The zero-order valence-electron chi connectivity index (χ0n) is 12.3. The van der Waals surface area contributed by atoms with Gasteiger partial charge in [0.25, 0.3) is 0 Å². The van der Waals surface area contributed by atoms with Crippen molar-refractivity contribution < 1.29 is 0 Å². The van der Waals surface area contributed by atoms with Crippen LogP contribution in [0.1, 0.15) is 50.0 Å². The summed E-state index contributed by atoms with van der Waals surface area (Å²) in [6, 6.07) is 11.2. The predicted octanol–water partition coefficient (Wildman–Crippen LogP) is 4.52. The first-order valence-electron chi connectivity index (χ1n) is 7.85. The molecule has 1 unspecified atom stereocenters. The number of aliphatic imine (C=N–C) groups is 1. The summed E-state index contributed by atoms with van der Waals surface area (Å²) in [5.74, 6) is 1.61. The molecule has 1 aliphatic heterocycles. The van der Waals surface area contributed by atoms with E-state index in [1.54, 1.807) is 0 Å². The first kappa shape index (κ1) is 16.6. The molecule has 1 aromatic carbocycles. The fourth-order valence-corrected chi connectivity index (χ4v) is 3.69. The summed E-state index contributed by atoms with van der Waals surface area (Å²) < 4.78 is 0. The van der Waals surface area contributed by atoms with Gasteiger partial charge in [-0.1, -0.05) is 36.8 Å². The fraction of sp³-hybridized carbons (Fsp3) is 0.588. The molecule has 3 rings (SSSR count). The number of hydrogen-bond acceptors (Lipinski definition) is 1. The average molecular weight is 327 g/mol. The Hall–Kier alpha value is -0.730. The lowest BCUT2D eigenvalue weighted by Crippen LogP contribution is -2.32. The fourth-order valence-electron chi connectivity index (χ4n) is 3.40. The second kappa shape index (κ2) is 8.05. The maximum atomic E-state index is 6.47. The highest BCUT2D eigenvalue weighted by atomic mass is 35.5. The molecule has 0 radical (unpaired) electrons. The van der Waals surface area contributed by atoms with E-state index in [-0.39, 0.29) is 17.8 Å². The smallest absolute Gasteiger partial charge is 0.115 e. The van der Waals surface area contributed by atoms with Gasteiger partial charge in [0.05, 0.1) is 11.4 Å². The number of benzene rings is 1. The minimum atomic E-state index is 0. The van der Waals surface area contributed by atoms with Crippen molar-refractivity contribution in [3.05, 3.63) is 35.9 Å². The van der Waals surface area contributed by atoms with Crippen molar-refractivity contribution in [2.75, 3.05) is 6.54 Å². The molecule has 1 N–H and O–H groups in total. The summed E-state index contributed by atoms with van der Waals surface area (Å²) in [6.45, 7) is 1.02. The molecule has 0 spiro atoms. The molecule has 1 aliphatic carbocycles. The highest BCUT2D eigenvalue weighted by Gasteiger charge is 2.29. The number of halogens is 2. The van der Waals surface area contributed by atoms with Crippen LogP contribution in [0.15, 0.2) is 35.3 Å². The Balaban J connectivity index is 0.00000161. The molecule has 2 aliphatic rings. The molecule has 2 nitrogen and oxygen atoms in total. The molecule has 1 saturated heterocycles. The Bertz CT molecular complexity index is 461. The van der Waals surface area contributed by atoms with Gasteiger partial charge in [0.2, 0.25) is 0 Å². The van der Waals surface area contributed by atoms with E-state index in [0.29, 0.717) is 12.0 Å². The number of nitrogens with one attached hydrogen (secondary N) is 1. The second-order valence-corrected chi connectivity index (χ2v) is 6.45. The molecule has 0 aromatic heterocycles. The molecular formula is C17H24Cl2N2. The van der Waals surface area contributed by atoms with Crippen LogP contribution in [-0.4, -0.2) is 23.8 Å². The molecule has 3 atom stereocenters. The summed E-state index contributed by atoms with van der Waals surface area (Å²) in [7, 11) is 0. The van der Waals surface area contributed by atoms with Crippen LogP contribution in [0.5, 0.6) is 0 Å². The van der Waals surface area contributed by atoms with Gasteiger partial charge in [-0.25, -0.2) is 0 Å². The monoisotopic (exact) mass is 326 g/mol. The highest BCUT2D eigenvalue weighted by molar-refractivity contribution is 6.31. The van der Waals surface area contributed by atoms with Gasteiger partial charge in [-0.3, -0.25) is 4.99 Å². The number of amidine groups is 1. The van der Waals surface area contributed by atoms with Crippen molar-refractivity contribution in [2.45, 2.75) is 55.9 Å². The molecule has 0 bridgehead atoms. The minimum Gasteiger partial charge on any atom is -0.373 e. The Kier molecular flexibility index (Phi) is 6.38. The van der Waals surface area contributed by atoms with Gasteiger partial charge >= 0.3 is 0 Å². The SMILES string of the molecule is Cl.ClC1CCCCNC1=N[C@@H]1CCC[C@@H]1c1ccccc1. The van der Waals surface area contributed by atoms with Gasteiger partial charge in [0, 0.05) is 12.5 Å². The van der Waals surface area contributed by atoms with Crippen LogP contribution in [-0.2, 0) is 0 Å². The Morgan fingerprint density at radius 3 is 2.62 bits per heavy atom. The van der Waals surface area contributed by atoms with Crippen LogP contribution in [0.3, 0.4) is 0 Å². The van der Waals surface area contributed by atoms with Gasteiger partial charge in [-0.05, 0) is 37.7 Å². The maximum Gasteiger partial charge on any atom is 0.115 e.